The van der Waals surface area contributed by atoms with Crippen LogP contribution in [-0.4, -0.2) is 39.7 Å². The molecule has 0 radical (unpaired) electrons. The van der Waals surface area contributed by atoms with Gasteiger partial charge in [-0.25, -0.2) is 0 Å². The fourth-order valence-corrected chi connectivity index (χ4v) is 1.57. The zero-order valence-electron chi connectivity index (χ0n) is 11.2. The average Bonchev–Trinajstić information content (AvgIpc) is 2.38. The molecule has 0 unspecified atom stereocenters. The van der Waals surface area contributed by atoms with Gasteiger partial charge < -0.3 is 19.9 Å². The molecule has 0 heterocycles. The zero-order chi connectivity index (χ0) is 15.0. The Balaban J connectivity index is 2.46. The molecule has 2 N–H and O–H groups in total. The van der Waals surface area contributed by atoms with Crippen molar-refractivity contribution in [2.24, 2.45) is 5.73 Å². The van der Waals surface area contributed by atoms with Crippen LogP contribution in [0, 0.1) is 0 Å². The largest absolute Gasteiger partial charge is 0.497 e. The molecule has 4 nitrogen and oxygen atoms in total. The summed E-state index contributed by atoms with van der Waals surface area (Å²) in [6.07, 6.45) is -3.72. The van der Waals surface area contributed by atoms with Crippen LogP contribution in [0.15, 0.2) is 18.2 Å². The number of methoxy groups -OCH3 is 1. The molecule has 0 aromatic heterocycles. The van der Waals surface area contributed by atoms with Crippen LogP contribution in [0.3, 0.4) is 0 Å². The van der Waals surface area contributed by atoms with E-state index in [1.54, 1.807) is 25.3 Å². The molecular formula is C13H18F3NO3. The van der Waals surface area contributed by atoms with Crippen molar-refractivity contribution in [2.45, 2.75) is 12.6 Å². The predicted molar refractivity (Wildman–Crippen MR) is 68.1 cm³/mol. The number of halogens is 3. The molecular weight excluding hydrogens is 275 g/mol. The van der Waals surface area contributed by atoms with Gasteiger partial charge in [0.15, 0.2) is 0 Å². The second kappa shape index (κ2) is 7.96. The number of rotatable bonds is 8. The third-order valence-corrected chi connectivity index (χ3v) is 2.43. The highest BCUT2D eigenvalue weighted by atomic mass is 19.4. The van der Waals surface area contributed by atoms with Crippen LogP contribution in [0.5, 0.6) is 11.5 Å². The molecule has 1 rings (SSSR count). The molecule has 1 aromatic carbocycles. The van der Waals surface area contributed by atoms with Crippen molar-refractivity contribution in [3.05, 3.63) is 23.8 Å². The summed E-state index contributed by atoms with van der Waals surface area (Å²) >= 11 is 0. The highest BCUT2D eigenvalue weighted by molar-refractivity contribution is 5.40. The van der Waals surface area contributed by atoms with Crippen LogP contribution < -0.4 is 15.2 Å². The Hall–Kier alpha value is -1.47. The van der Waals surface area contributed by atoms with E-state index in [-0.39, 0.29) is 13.2 Å². The van der Waals surface area contributed by atoms with Gasteiger partial charge in [0.25, 0.3) is 0 Å². The van der Waals surface area contributed by atoms with Crippen molar-refractivity contribution in [3.63, 3.8) is 0 Å². The van der Waals surface area contributed by atoms with Gasteiger partial charge in [0, 0.05) is 0 Å². The fraction of sp³-hybridized carbons (Fsp3) is 0.538. The van der Waals surface area contributed by atoms with E-state index in [2.05, 4.69) is 4.74 Å². The normalized spacial score (nSPS) is 11.4. The average molecular weight is 293 g/mol. The molecule has 20 heavy (non-hydrogen) atoms. The van der Waals surface area contributed by atoms with Crippen molar-refractivity contribution in [1.82, 2.24) is 0 Å². The number of hydrogen-bond acceptors (Lipinski definition) is 4. The quantitative estimate of drug-likeness (QED) is 0.746. The third kappa shape index (κ3) is 6.12. The maximum Gasteiger partial charge on any atom is 0.411 e. The Bertz CT molecular complexity index is 410. The van der Waals surface area contributed by atoms with E-state index in [9.17, 15) is 13.2 Å². The van der Waals surface area contributed by atoms with Gasteiger partial charge in [-0.1, -0.05) is 0 Å². The summed E-state index contributed by atoms with van der Waals surface area (Å²) in [5.74, 6) is 1.25. The molecule has 0 amide bonds. The van der Waals surface area contributed by atoms with E-state index in [4.69, 9.17) is 15.2 Å². The standard InChI is InChI=1S/C13H18F3NO3/c1-18-11-2-3-12(10(8-11)4-5-17)20-7-6-19-9-13(14,15)16/h2-3,8H,4-7,9,17H2,1H3. The molecule has 0 aliphatic rings. The lowest BCUT2D eigenvalue weighted by Gasteiger charge is -2.13. The molecule has 0 atom stereocenters. The maximum absolute atomic E-state index is 11.9. The third-order valence-electron chi connectivity index (χ3n) is 2.43. The van der Waals surface area contributed by atoms with Crippen molar-refractivity contribution in [1.29, 1.82) is 0 Å². The summed E-state index contributed by atoms with van der Waals surface area (Å²) in [6, 6.07) is 5.21. The van der Waals surface area contributed by atoms with Gasteiger partial charge in [-0.3, -0.25) is 0 Å². The van der Waals surface area contributed by atoms with Crippen LogP contribution in [-0.2, 0) is 11.2 Å². The van der Waals surface area contributed by atoms with Gasteiger partial charge >= 0.3 is 6.18 Å². The molecule has 0 fully saturated rings. The second-order valence-corrected chi connectivity index (χ2v) is 4.03. The van der Waals surface area contributed by atoms with Crippen LogP contribution >= 0.6 is 0 Å². The highest BCUT2D eigenvalue weighted by Crippen LogP contribution is 2.24. The van der Waals surface area contributed by atoms with Crippen molar-refractivity contribution >= 4 is 0 Å². The lowest BCUT2D eigenvalue weighted by molar-refractivity contribution is -0.175. The van der Waals surface area contributed by atoms with E-state index >= 15 is 0 Å². The first-order chi connectivity index (χ1) is 9.46. The zero-order valence-corrected chi connectivity index (χ0v) is 11.2. The molecule has 0 aliphatic carbocycles. The Labute approximate surface area is 115 Å². The first-order valence-corrected chi connectivity index (χ1v) is 6.10. The van der Waals surface area contributed by atoms with E-state index in [1.807, 2.05) is 0 Å². The minimum atomic E-state index is -4.31. The maximum atomic E-state index is 11.9. The molecule has 0 saturated carbocycles. The SMILES string of the molecule is COc1ccc(OCCOCC(F)(F)F)c(CCN)c1. The van der Waals surface area contributed by atoms with Crippen molar-refractivity contribution in [3.8, 4) is 11.5 Å². The molecule has 0 spiro atoms. The van der Waals surface area contributed by atoms with E-state index in [0.717, 1.165) is 5.56 Å². The summed E-state index contributed by atoms with van der Waals surface area (Å²) in [4.78, 5) is 0. The Morgan fingerprint density at radius 1 is 1.20 bits per heavy atom. The van der Waals surface area contributed by atoms with Crippen molar-refractivity contribution < 1.29 is 27.4 Å². The molecule has 114 valence electrons. The molecule has 0 saturated heterocycles. The Kier molecular flexibility index (Phi) is 6.60. The van der Waals surface area contributed by atoms with Gasteiger partial charge in [0.2, 0.25) is 0 Å². The summed E-state index contributed by atoms with van der Waals surface area (Å²) < 4.78 is 50.5. The number of alkyl halides is 3. The van der Waals surface area contributed by atoms with Crippen LogP contribution in [0.25, 0.3) is 0 Å². The van der Waals surface area contributed by atoms with Gasteiger partial charge in [-0.15, -0.1) is 0 Å². The van der Waals surface area contributed by atoms with Crippen LogP contribution in [0.4, 0.5) is 13.2 Å². The van der Waals surface area contributed by atoms with Gasteiger partial charge in [-0.05, 0) is 36.7 Å². The lowest BCUT2D eigenvalue weighted by Crippen LogP contribution is -2.19. The predicted octanol–water partition coefficient (Wildman–Crippen LogP) is 2.15. The van der Waals surface area contributed by atoms with E-state index in [0.29, 0.717) is 24.5 Å². The number of benzene rings is 1. The lowest BCUT2D eigenvalue weighted by atomic mass is 10.1. The molecule has 0 aliphatic heterocycles. The first kappa shape index (κ1) is 16.6. The van der Waals surface area contributed by atoms with E-state index in [1.165, 1.54) is 0 Å². The Morgan fingerprint density at radius 3 is 2.55 bits per heavy atom. The molecule has 7 heteroatoms. The topological polar surface area (TPSA) is 53.7 Å². The summed E-state index contributed by atoms with van der Waals surface area (Å²) in [7, 11) is 1.55. The van der Waals surface area contributed by atoms with Gasteiger partial charge in [-0.2, -0.15) is 13.2 Å². The number of hydrogen-bond donors (Lipinski definition) is 1. The van der Waals surface area contributed by atoms with Crippen molar-refractivity contribution in [2.75, 3.05) is 33.5 Å². The van der Waals surface area contributed by atoms with Crippen LogP contribution in [0.2, 0.25) is 0 Å². The molecule has 0 bridgehead atoms. The fourth-order valence-electron chi connectivity index (χ4n) is 1.57. The monoisotopic (exact) mass is 293 g/mol. The van der Waals surface area contributed by atoms with E-state index < -0.39 is 12.8 Å². The summed E-state index contributed by atoms with van der Waals surface area (Å²) in [5, 5.41) is 0. The summed E-state index contributed by atoms with van der Waals surface area (Å²) in [5.41, 5.74) is 6.35. The van der Waals surface area contributed by atoms with Gasteiger partial charge in [0.1, 0.15) is 24.7 Å². The smallest absolute Gasteiger partial charge is 0.411 e. The van der Waals surface area contributed by atoms with Gasteiger partial charge in [0.05, 0.1) is 13.7 Å². The first-order valence-electron chi connectivity index (χ1n) is 6.10. The summed E-state index contributed by atoms with van der Waals surface area (Å²) in [6.45, 7) is -0.920. The number of ether oxygens (including phenoxy) is 3. The second-order valence-electron chi connectivity index (χ2n) is 4.03. The Morgan fingerprint density at radius 2 is 1.95 bits per heavy atom. The van der Waals surface area contributed by atoms with Crippen LogP contribution in [0.1, 0.15) is 5.56 Å². The number of nitrogens with two attached hydrogens (primary N) is 1. The highest BCUT2D eigenvalue weighted by Gasteiger charge is 2.27. The molecule has 1 aromatic rings. The minimum Gasteiger partial charge on any atom is -0.497 e. The minimum absolute atomic E-state index is 0.0416.